The van der Waals surface area contributed by atoms with Crippen LogP contribution in [0.1, 0.15) is 17.5 Å². The highest BCUT2D eigenvalue weighted by Gasteiger charge is 2.04. The molecule has 0 unspecified atom stereocenters. The maximum Gasteiger partial charge on any atom is 0.222 e. The second-order valence-corrected chi connectivity index (χ2v) is 6.75. The molecule has 3 rings (SSSR count). The second kappa shape index (κ2) is 10.4. The molecule has 3 aromatic rings. The van der Waals surface area contributed by atoms with Gasteiger partial charge in [0, 0.05) is 30.2 Å². The topological polar surface area (TPSA) is 50.4 Å². The lowest BCUT2D eigenvalue weighted by atomic mass is 10.2. The third kappa shape index (κ3) is 6.32. The molecule has 0 aliphatic rings. The van der Waals surface area contributed by atoms with E-state index in [-0.39, 0.29) is 5.91 Å². The lowest BCUT2D eigenvalue weighted by Gasteiger charge is -2.10. The van der Waals surface area contributed by atoms with Crippen molar-refractivity contribution in [2.45, 2.75) is 19.6 Å². The lowest BCUT2D eigenvalue weighted by Crippen LogP contribution is -2.25. The number of halogens is 1. The van der Waals surface area contributed by atoms with Crippen LogP contribution in [-0.2, 0) is 17.9 Å². The highest BCUT2D eigenvalue weighted by molar-refractivity contribution is 6.31. The van der Waals surface area contributed by atoms with Gasteiger partial charge in [0.1, 0.15) is 12.4 Å². The molecule has 0 radical (unpaired) electrons. The zero-order valence-corrected chi connectivity index (χ0v) is 16.3. The minimum atomic E-state index is -0.0183. The fourth-order valence-corrected chi connectivity index (χ4v) is 2.86. The van der Waals surface area contributed by atoms with E-state index in [9.17, 15) is 4.79 Å². The van der Waals surface area contributed by atoms with Gasteiger partial charge in [0.05, 0.1) is 0 Å². The number of nitrogens with one attached hydrogen (secondary N) is 2. The third-order valence-electron chi connectivity index (χ3n) is 4.22. The standard InChI is InChI=1S/C23H23ClN2O2/c24-22-9-5-4-8-19(22)16-26-23(27)14-15-25-20-10-12-21(13-11-20)28-17-18-6-2-1-3-7-18/h1-13,25H,14-17H2,(H,26,27). The van der Waals surface area contributed by atoms with Gasteiger partial charge in [0.15, 0.2) is 0 Å². The highest BCUT2D eigenvalue weighted by atomic mass is 35.5. The first-order chi connectivity index (χ1) is 13.7. The molecule has 0 saturated carbocycles. The van der Waals surface area contributed by atoms with Crippen molar-refractivity contribution in [3.63, 3.8) is 0 Å². The van der Waals surface area contributed by atoms with Gasteiger partial charge >= 0.3 is 0 Å². The van der Waals surface area contributed by atoms with Crippen molar-refractivity contribution < 1.29 is 9.53 Å². The molecular formula is C23H23ClN2O2. The first-order valence-electron chi connectivity index (χ1n) is 9.21. The van der Waals surface area contributed by atoms with E-state index in [4.69, 9.17) is 16.3 Å². The smallest absolute Gasteiger partial charge is 0.222 e. The van der Waals surface area contributed by atoms with E-state index >= 15 is 0 Å². The van der Waals surface area contributed by atoms with E-state index in [0.717, 1.165) is 22.6 Å². The number of carbonyl (C=O) groups excluding carboxylic acids is 1. The Bertz CT molecular complexity index is 883. The van der Waals surface area contributed by atoms with E-state index in [1.54, 1.807) is 0 Å². The van der Waals surface area contributed by atoms with Crippen LogP contribution in [0, 0.1) is 0 Å². The van der Waals surface area contributed by atoms with E-state index < -0.39 is 0 Å². The summed E-state index contributed by atoms with van der Waals surface area (Å²) in [6.45, 7) is 1.53. The van der Waals surface area contributed by atoms with E-state index in [1.807, 2.05) is 78.9 Å². The molecule has 28 heavy (non-hydrogen) atoms. The summed E-state index contributed by atoms with van der Waals surface area (Å²) in [5, 5.41) is 6.79. The lowest BCUT2D eigenvalue weighted by molar-refractivity contribution is -0.121. The van der Waals surface area contributed by atoms with Gasteiger partial charge < -0.3 is 15.4 Å². The van der Waals surface area contributed by atoms with Gasteiger partial charge in [-0.15, -0.1) is 0 Å². The molecule has 1 amide bonds. The summed E-state index contributed by atoms with van der Waals surface area (Å²) in [7, 11) is 0. The van der Waals surface area contributed by atoms with Gasteiger partial charge in [-0.1, -0.05) is 60.1 Å². The normalized spacial score (nSPS) is 10.3. The molecule has 144 valence electrons. The molecule has 0 aliphatic heterocycles. The van der Waals surface area contributed by atoms with Gasteiger partial charge in [-0.25, -0.2) is 0 Å². The first kappa shape index (κ1) is 19.8. The molecule has 0 saturated heterocycles. The maximum atomic E-state index is 12.0. The molecule has 0 bridgehead atoms. The Balaban J connectivity index is 1.36. The summed E-state index contributed by atoms with van der Waals surface area (Å²) in [6, 6.07) is 25.3. The Morgan fingerprint density at radius 1 is 0.893 bits per heavy atom. The second-order valence-electron chi connectivity index (χ2n) is 6.34. The molecule has 4 nitrogen and oxygen atoms in total. The van der Waals surface area contributed by atoms with Crippen LogP contribution >= 0.6 is 11.6 Å². The molecule has 0 spiro atoms. The van der Waals surface area contributed by atoms with Gasteiger partial charge in [0.2, 0.25) is 5.91 Å². The van der Waals surface area contributed by atoms with E-state index in [0.29, 0.717) is 31.1 Å². The Morgan fingerprint density at radius 3 is 2.36 bits per heavy atom. The molecule has 0 atom stereocenters. The summed E-state index contributed by atoms with van der Waals surface area (Å²) < 4.78 is 5.77. The third-order valence-corrected chi connectivity index (χ3v) is 4.59. The predicted molar refractivity (Wildman–Crippen MR) is 114 cm³/mol. The predicted octanol–water partition coefficient (Wildman–Crippen LogP) is 5.04. The van der Waals surface area contributed by atoms with Crippen molar-refractivity contribution in [3.8, 4) is 5.75 Å². The quantitative estimate of drug-likeness (QED) is 0.534. The summed E-state index contributed by atoms with van der Waals surface area (Å²) in [4.78, 5) is 12.0. The highest BCUT2D eigenvalue weighted by Crippen LogP contribution is 2.17. The zero-order valence-electron chi connectivity index (χ0n) is 15.5. The van der Waals surface area contributed by atoms with Crippen molar-refractivity contribution in [3.05, 3.63) is 95.0 Å². The number of benzene rings is 3. The van der Waals surface area contributed by atoms with Crippen molar-refractivity contribution >= 4 is 23.2 Å². The van der Waals surface area contributed by atoms with Gasteiger partial charge in [-0.3, -0.25) is 4.79 Å². The Hall–Kier alpha value is -2.98. The van der Waals surface area contributed by atoms with Crippen molar-refractivity contribution in [2.75, 3.05) is 11.9 Å². The maximum absolute atomic E-state index is 12.0. The Kier molecular flexibility index (Phi) is 7.33. The van der Waals surface area contributed by atoms with Gasteiger partial charge in [-0.05, 0) is 41.5 Å². The number of amides is 1. The monoisotopic (exact) mass is 394 g/mol. The molecule has 0 fully saturated rings. The fraction of sp³-hybridized carbons (Fsp3) is 0.174. The number of anilines is 1. The van der Waals surface area contributed by atoms with Gasteiger partial charge in [0.25, 0.3) is 0 Å². The summed E-state index contributed by atoms with van der Waals surface area (Å²) in [5.74, 6) is 0.794. The molecule has 3 aromatic carbocycles. The number of hydrogen-bond acceptors (Lipinski definition) is 3. The zero-order chi connectivity index (χ0) is 19.6. The van der Waals surface area contributed by atoms with Crippen LogP contribution in [0.4, 0.5) is 5.69 Å². The van der Waals surface area contributed by atoms with Crippen molar-refractivity contribution in [1.82, 2.24) is 5.32 Å². The number of rotatable bonds is 9. The van der Waals surface area contributed by atoms with Crippen LogP contribution in [-0.4, -0.2) is 12.5 Å². The Morgan fingerprint density at radius 2 is 1.61 bits per heavy atom. The molecular weight excluding hydrogens is 372 g/mol. The molecule has 2 N–H and O–H groups in total. The van der Waals surface area contributed by atoms with Crippen molar-refractivity contribution in [2.24, 2.45) is 0 Å². The van der Waals surface area contributed by atoms with E-state index in [2.05, 4.69) is 10.6 Å². The SMILES string of the molecule is O=C(CCNc1ccc(OCc2ccccc2)cc1)NCc1ccccc1Cl. The van der Waals surface area contributed by atoms with Gasteiger partial charge in [-0.2, -0.15) is 0 Å². The number of ether oxygens (including phenoxy) is 1. The minimum Gasteiger partial charge on any atom is -0.489 e. The van der Waals surface area contributed by atoms with Crippen LogP contribution in [0.25, 0.3) is 0 Å². The molecule has 0 aromatic heterocycles. The molecule has 0 heterocycles. The first-order valence-corrected chi connectivity index (χ1v) is 9.59. The van der Waals surface area contributed by atoms with Crippen LogP contribution in [0.15, 0.2) is 78.9 Å². The van der Waals surface area contributed by atoms with E-state index in [1.165, 1.54) is 0 Å². The fourth-order valence-electron chi connectivity index (χ4n) is 2.65. The van der Waals surface area contributed by atoms with Crippen LogP contribution in [0.2, 0.25) is 5.02 Å². The Labute approximate surface area is 170 Å². The molecule has 5 heteroatoms. The number of carbonyl (C=O) groups is 1. The van der Waals surface area contributed by atoms with Crippen LogP contribution in [0.5, 0.6) is 5.75 Å². The average Bonchev–Trinajstić information content (AvgIpc) is 2.73. The minimum absolute atomic E-state index is 0.0183. The summed E-state index contributed by atoms with van der Waals surface area (Å²) in [5.41, 5.74) is 3.00. The van der Waals surface area contributed by atoms with Crippen molar-refractivity contribution in [1.29, 1.82) is 0 Å². The van der Waals surface area contributed by atoms with Crippen LogP contribution < -0.4 is 15.4 Å². The van der Waals surface area contributed by atoms with Crippen LogP contribution in [0.3, 0.4) is 0 Å². The summed E-state index contributed by atoms with van der Waals surface area (Å²) >= 11 is 6.09. The number of hydrogen-bond donors (Lipinski definition) is 2. The summed E-state index contributed by atoms with van der Waals surface area (Å²) in [6.07, 6.45) is 0.386. The molecule has 0 aliphatic carbocycles. The average molecular weight is 395 g/mol. The largest absolute Gasteiger partial charge is 0.489 e.